The molecule has 1 aromatic heterocycles. The number of ether oxygens (including phenoxy) is 1. The number of anilines is 2. The number of benzene rings is 1. The molecule has 0 atom stereocenters. The van der Waals surface area contributed by atoms with Gasteiger partial charge >= 0.3 is 0 Å². The third kappa shape index (κ3) is 4.43. The van der Waals surface area contributed by atoms with Gasteiger partial charge in [0.15, 0.2) is 0 Å². The van der Waals surface area contributed by atoms with Crippen LogP contribution in [0.15, 0.2) is 24.3 Å². The highest BCUT2D eigenvalue weighted by molar-refractivity contribution is 6.31. The van der Waals surface area contributed by atoms with Crippen LogP contribution in [0, 0.1) is 5.82 Å². The lowest BCUT2D eigenvalue weighted by molar-refractivity contribution is 0.205. The summed E-state index contributed by atoms with van der Waals surface area (Å²) in [5.41, 5.74) is 6.39. The lowest BCUT2D eigenvalue weighted by Crippen LogP contribution is -2.28. The fourth-order valence-corrected chi connectivity index (χ4v) is 2.33. The van der Waals surface area contributed by atoms with Gasteiger partial charge in [-0.15, -0.1) is 0 Å². The smallest absolute Gasteiger partial charge is 0.223 e. The van der Waals surface area contributed by atoms with Crippen LogP contribution in [0.4, 0.5) is 16.2 Å². The van der Waals surface area contributed by atoms with Gasteiger partial charge in [0.2, 0.25) is 5.95 Å². The predicted molar refractivity (Wildman–Crippen MR) is 85.8 cm³/mol. The van der Waals surface area contributed by atoms with Gasteiger partial charge in [-0.3, -0.25) is 0 Å². The minimum Gasteiger partial charge on any atom is -0.383 e. The molecule has 0 aliphatic heterocycles. The van der Waals surface area contributed by atoms with Crippen LogP contribution >= 0.6 is 23.2 Å². The second kappa shape index (κ2) is 7.58. The molecule has 0 aliphatic rings. The summed E-state index contributed by atoms with van der Waals surface area (Å²) in [6.07, 6.45) is 0. The van der Waals surface area contributed by atoms with Crippen LogP contribution in [0.2, 0.25) is 10.2 Å². The highest BCUT2D eigenvalue weighted by atomic mass is 35.5. The minimum atomic E-state index is -0.383. The Morgan fingerprint density at radius 1 is 1.27 bits per heavy atom. The summed E-state index contributed by atoms with van der Waals surface area (Å²) in [6, 6.07) is 5.86. The van der Waals surface area contributed by atoms with Crippen LogP contribution in [0.25, 0.3) is 0 Å². The van der Waals surface area contributed by atoms with E-state index in [9.17, 15) is 4.39 Å². The molecule has 0 radical (unpaired) electrons. The monoisotopic (exact) mass is 344 g/mol. The van der Waals surface area contributed by atoms with Crippen LogP contribution in [-0.4, -0.2) is 30.2 Å². The minimum absolute atomic E-state index is 0.0788. The van der Waals surface area contributed by atoms with Crippen molar-refractivity contribution in [2.45, 2.75) is 6.54 Å². The van der Waals surface area contributed by atoms with Crippen molar-refractivity contribution in [3.63, 3.8) is 0 Å². The molecule has 2 rings (SSSR count). The number of methoxy groups -OCH3 is 1. The number of aromatic nitrogens is 2. The first-order valence-corrected chi connectivity index (χ1v) is 7.23. The van der Waals surface area contributed by atoms with Crippen molar-refractivity contribution >= 4 is 35.0 Å². The van der Waals surface area contributed by atoms with E-state index in [2.05, 4.69) is 9.97 Å². The number of halogens is 3. The van der Waals surface area contributed by atoms with E-state index in [1.54, 1.807) is 19.2 Å². The van der Waals surface area contributed by atoms with Gasteiger partial charge in [0.25, 0.3) is 0 Å². The highest BCUT2D eigenvalue weighted by Gasteiger charge is 2.13. The Kier molecular flexibility index (Phi) is 5.76. The van der Waals surface area contributed by atoms with Crippen LogP contribution in [0.5, 0.6) is 0 Å². The lowest BCUT2D eigenvalue weighted by Gasteiger charge is -2.24. The molecule has 0 aliphatic carbocycles. The number of hydrogen-bond donors (Lipinski definition) is 1. The summed E-state index contributed by atoms with van der Waals surface area (Å²) in [4.78, 5) is 9.88. The summed E-state index contributed by atoms with van der Waals surface area (Å²) in [7, 11) is 1.60. The maximum atomic E-state index is 13.1. The summed E-state index contributed by atoms with van der Waals surface area (Å²) < 4.78 is 18.2. The van der Waals surface area contributed by atoms with E-state index >= 15 is 0 Å². The fraction of sp³-hybridized carbons (Fsp3) is 0.286. The Morgan fingerprint density at radius 2 is 2.05 bits per heavy atom. The van der Waals surface area contributed by atoms with Crippen molar-refractivity contribution in [2.75, 3.05) is 30.9 Å². The average Bonchev–Trinajstić information content (AvgIpc) is 2.44. The van der Waals surface area contributed by atoms with Crippen LogP contribution in [-0.2, 0) is 11.3 Å². The zero-order valence-electron chi connectivity index (χ0n) is 11.9. The zero-order valence-corrected chi connectivity index (χ0v) is 13.4. The first-order valence-electron chi connectivity index (χ1n) is 6.47. The van der Waals surface area contributed by atoms with Crippen molar-refractivity contribution in [3.05, 3.63) is 45.8 Å². The fourth-order valence-electron chi connectivity index (χ4n) is 1.92. The van der Waals surface area contributed by atoms with Gasteiger partial charge in [-0.05, 0) is 17.7 Å². The Bertz CT molecular complexity index is 636. The van der Waals surface area contributed by atoms with Gasteiger partial charge in [-0.25, -0.2) is 9.37 Å². The third-order valence-electron chi connectivity index (χ3n) is 2.96. The largest absolute Gasteiger partial charge is 0.383 e. The van der Waals surface area contributed by atoms with E-state index in [0.717, 1.165) is 5.56 Å². The number of nitrogen functional groups attached to an aromatic ring is 1. The third-order valence-corrected chi connectivity index (χ3v) is 3.51. The quantitative estimate of drug-likeness (QED) is 0.815. The first kappa shape index (κ1) is 16.7. The number of nitrogens with zero attached hydrogens (tertiary/aromatic N) is 3. The van der Waals surface area contributed by atoms with Gasteiger partial charge in [0, 0.05) is 31.3 Å². The summed E-state index contributed by atoms with van der Waals surface area (Å²) >= 11 is 12.0. The molecule has 8 heteroatoms. The van der Waals surface area contributed by atoms with E-state index in [-0.39, 0.29) is 16.9 Å². The number of nitrogens with two attached hydrogens (primary N) is 1. The normalized spacial score (nSPS) is 10.7. The second-order valence-corrected chi connectivity index (χ2v) is 5.35. The van der Waals surface area contributed by atoms with E-state index in [4.69, 9.17) is 33.7 Å². The molecule has 2 aromatic rings. The van der Waals surface area contributed by atoms with Crippen molar-refractivity contribution in [1.82, 2.24) is 9.97 Å². The average molecular weight is 345 g/mol. The molecule has 0 saturated carbocycles. The maximum Gasteiger partial charge on any atom is 0.223 e. The van der Waals surface area contributed by atoms with E-state index < -0.39 is 0 Å². The van der Waals surface area contributed by atoms with Gasteiger partial charge < -0.3 is 15.4 Å². The molecule has 0 spiro atoms. The Balaban J connectivity index is 2.29. The van der Waals surface area contributed by atoms with Crippen molar-refractivity contribution in [1.29, 1.82) is 0 Å². The SMILES string of the molecule is COCCN(Cc1ccc(F)cc1Cl)c1cc(Cl)nc(N)n1. The molecule has 118 valence electrons. The molecular formula is C14H15Cl2FN4O. The van der Waals surface area contributed by atoms with Crippen molar-refractivity contribution in [2.24, 2.45) is 0 Å². The standard InChI is InChI=1S/C14H15Cl2FN4O/c1-22-5-4-21(13-7-12(16)19-14(18)20-13)8-9-2-3-10(17)6-11(9)15/h2-3,6-7H,4-5,8H2,1H3,(H2,18,19,20). The molecule has 22 heavy (non-hydrogen) atoms. The molecule has 0 unspecified atom stereocenters. The molecule has 0 bridgehead atoms. The number of rotatable bonds is 6. The van der Waals surface area contributed by atoms with Crippen molar-refractivity contribution in [3.8, 4) is 0 Å². The Morgan fingerprint density at radius 3 is 2.68 bits per heavy atom. The van der Waals surface area contributed by atoms with E-state index in [1.807, 2.05) is 4.90 Å². The summed E-state index contributed by atoms with van der Waals surface area (Å²) in [5, 5.41) is 0.589. The molecule has 1 heterocycles. The molecule has 0 fully saturated rings. The highest BCUT2D eigenvalue weighted by Crippen LogP contribution is 2.23. The molecule has 0 saturated heterocycles. The van der Waals surface area contributed by atoms with Crippen LogP contribution in [0.1, 0.15) is 5.56 Å². The van der Waals surface area contributed by atoms with Gasteiger partial charge in [-0.1, -0.05) is 29.3 Å². The van der Waals surface area contributed by atoms with Crippen LogP contribution in [0.3, 0.4) is 0 Å². The number of hydrogen-bond acceptors (Lipinski definition) is 5. The molecular weight excluding hydrogens is 330 g/mol. The zero-order chi connectivity index (χ0) is 16.1. The predicted octanol–water partition coefficient (Wildman–Crippen LogP) is 3.16. The summed E-state index contributed by atoms with van der Waals surface area (Å²) in [5.74, 6) is 0.247. The molecule has 2 N–H and O–H groups in total. The van der Waals surface area contributed by atoms with E-state index in [0.29, 0.717) is 30.5 Å². The lowest BCUT2D eigenvalue weighted by atomic mass is 10.2. The summed E-state index contributed by atoms with van der Waals surface area (Å²) in [6.45, 7) is 1.42. The van der Waals surface area contributed by atoms with Gasteiger partial charge in [0.1, 0.15) is 16.8 Å². The Hall–Kier alpha value is -1.63. The van der Waals surface area contributed by atoms with E-state index in [1.165, 1.54) is 12.1 Å². The Labute approximate surface area is 137 Å². The van der Waals surface area contributed by atoms with Gasteiger partial charge in [-0.2, -0.15) is 4.98 Å². The molecule has 5 nitrogen and oxygen atoms in total. The molecule has 1 aromatic carbocycles. The first-order chi connectivity index (χ1) is 10.5. The molecule has 0 amide bonds. The second-order valence-electron chi connectivity index (χ2n) is 4.56. The van der Waals surface area contributed by atoms with Crippen molar-refractivity contribution < 1.29 is 9.13 Å². The van der Waals surface area contributed by atoms with Gasteiger partial charge in [0.05, 0.1) is 6.61 Å². The van der Waals surface area contributed by atoms with Crippen LogP contribution < -0.4 is 10.6 Å². The maximum absolute atomic E-state index is 13.1. The topological polar surface area (TPSA) is 64.3 Å².